The van der Waals surface area contributed by atoms with Gasteiger partial charge in [0, 0.05) is 53.8 Å². The summed E-state index contributed by atoms with van der Waals surface area (Å²) in [5, 5.41) is 11.1. The molecule has 3 N–H and O–H groups in total. The summed E-state index contributed by atoms with van der Waals surface area (Å²) in [7, 11) is 0. The Morgan fingerprint density at radius 2 is 2.04 bits per heavy atom. The lowest BCUT2D eigenvalue weighted by atomic mass is 9.90. The number of nitrogens with zero attached hydrogens (tertiary/aromatic N) is 1. The van der Waals surface area contributed by atoms with Gasteiger partial charge >= 0.3 is 0 Å². The summed E-state index contributed by atoms with van der Waals surface area (Å²) >= 11 is 7.56. The minimum Gasteiger partial charge on any atom is -0.314 e. The van der Waals surface area contributed by atoms with Crippen LogP contribution in [0.5, 0.6) is 0 Å². The molecule has 0 radical (unpaired) electrons. The Bertz CT molecular complexity index is 776. The van der Waals surface area contributed by atoms with Gasteiger partial charge in [0.25, 0.3) is 0 Å². The molecule has 27 heavy (non-hydrogen) atoms. The molecule has 0 spiro atoms. The van der Waals surface area contributed by atoms with Crippen LogP contribution in [0.3, 0.4) is 0 Å². The van der Waals surface area contributed by atoms with Crippen molar-refractivity contribution >= 4 is 34.0 Å². The number of hydrogen-bond donors (Lipinski definition) is 3. The Hall–Kier alpha value is -1.47. The van der Waals surface area contributed by atoms with Crippen LogP contribution in [0.1, 0.15) is 43.3 Å². The van der Waals surface area contributed by atoms with Crippen LogP contribution in [0.2, 0.25) is 5.02 Å². The lowest BCUT2D eigenvalue weighted by Gasteiger charge is -2.23. The highest BCUT2D eigenvalue weighted by Crippen LogP contribution is 2.34. The van der Waals surface area contributed by atoms with E-state index in [-0.39, 0.29) is 17.4 Å². The molecule has 2 aromatic rings. The van der Waals surface area contributed by atoms with E-state index in [4.69, 9.17) is 16.6 Å². The van der Waals surface area contributed by atoms with E-state index in [1.165, 1.54) is 10.4 Å². The monoisotopic (exact) mass is 406 g/mol. The van der Waals surface area contributed by atoms with Gasteiger partial charge in [-0.25, -0.2) is 4.98 Å². The highest BCUT2D eigenvalue weighted by Gasteiger charge is 2.24. The van der Waals surface area contributed by atoms with Crippen LogP contribution < -0.4 is 16.0 Å². The SMILES string of the molecule is CC(C)(C)c1nc(NC(=O)CC2CNCCN2)sc1Cc1ccc(Cl)cc1. The third kappa shape index (κ3) is 5.75. The number of nitrogens with one attached hydrogen (secondary N) is 3. The van der Waals surface area contributed by atoms with Crippen molar-refractivity contribution in [2.75, 3.05) is 25.0 Å². The molecule has 1 aromatic heterocycles. The van der Waals surface area contributed by atoms with E-state index in [9.17, 15) is 4.79 Å². The molecular weight excluding hydrogens is 380 g/mol. The number of thiazole rings is 1. The minimum absolute atomic E-state index is 0.00320. The van der Waals surface area contributed by atoms with Crippen LogP contribution in [0, 0.1) is 0 Å². The Kier molecular flexibility index (Phi) is 6.52. The standard InChI is InChI=1S/C20H27ClN4OS/c1-20(2,3)18-16(10-13-4-6-14(21)7-5-13)27-19(25-18)24-17(26)11-15-12-22-8-9-23-15/h4-7,15,22-23H,8-12H2,1-3H3,(H,24,25,26). The van der Waals surface area contributed by atoms with Gasteiger partial charge in [0.15, 0.2) is 5.13 Å². The van der Waals surface area contributed by atoms with Crippen LogP contribution in [-0.4, -0.2) is 36.6 Å². The van der Waals surface area contributed by atoms with E-state index >= 15 is 0 Å². The highest BCUT2D eigenvalue weighted by molar-refractivity contribution is 7.15. The van der Waals surface area contributed by atoms with E-state index < -0.39 is 0 Å². The molecule has 1 amide bonds. The molecule has 3 rings (SSSR count). The van der Waals surface area contributed by atoms with Crippen molar-refractivity contribution in [2.45, 2.75) is 45.1 Å². The normalized spacial score (nSPS) is 17.7. The van der Waals surface area contributed by atoms with Crippen molar-refractivity contribution in [2.24, 2.45) is 0 Å². The van der Waals surface area contributed by atoms with E-state index in [2.05, 4.69) is 36.7 Å². The number of hydrogen-bond acceptors (Lipinski definition) is 5. The minimum atomic E-state index is -0.0872. The largest absolute Gasteiger partial charge is 0.314 e. The van der Waals surface area contributed by atoms with E-state index in [1.807, 2.05) is 24.3 Å². The zero-order chi connectivity index (χ0) is 19.4. The first-order valence-corrected chi connectivity index (χ1v) is 10.5. The number of rotatable bonds is 5. The molecule has 1 saturated heterocycles. The third-order valence-corrected chi connectivity index (χ3v) is 5.71. The van der Waals surface area contributed by atoms with Crippen molar-refractivity contribution in [1.82, 2.24) is 15.6 Å². The smallest absolute Gasteiger partial charge is 0.227 e. The fraction of sp³-hybridized carbons (Fsp3) is 0.500. The first-order valence-electron chi connectivity index (χ1n) is 9.30. The van der Waals surface area contributed by atoms with Crippen LogP contribution in [-0.2, 0) is 16.6 Å². The van der Waals surface area contributed by atoms with Gasteiger partial charge in [0.1, 0.15) is 0 Å². The Morgan fingerprint density at radius 3 is 2.67 bits per heavy atom. The molecule has 1 aliphatic heterocycles. The molecule has 146 valence electrons. The van der Waals surface area contributed by atoms with Crippen LogP contribution in [0.25, 0.3) is 0 Å². The summed E-state index contributed by atoms with van der Waals surface area (Å²) in [6, 6.07) is 8.06. The van der Waals surface area contributed by atoms with Crippen molar-refractivity contribution in [3.8, 4) is 0 Å². The average molecular weight is 407 g/mol. The summed E-state index contributed by atoms with van der Waals surface area (Å²) in [5.41, 5.74) is 2.13. The number of halogens is 1. The molecule has 1 aromatic carbocycles. The number of carbonyl (C=O) groups is 1. The first kappa shape index (κ1) is 20.3. The van der Waals surface area contributed by atoms with Crippen LogP contribution in [0.4, 0.5) is 5.13 Å². The van der Waals surface area contributed by atoms with Gasteiger partial charge in [0.2, 0.25) is 5.91 Å². The summed E-state index contributed by atoms with van der Waals surface area (Å²) < 4.78 is 0. The highest BCUT2D eigenvalue weighted by atomic mass is 35.5. The molecular formula is C20H27ClN4OS. The Balaban J connectivity index is 1.72. The molecule has 0 bridgehead atoms. The molecule has 0 aliphatic carbocycles. The van der Waals surface area contributed by atoms with Crippen molar-refractivity contribution in [1.29, 1.82) is 0 Å². The average Bonchev–Trinajstić information content (AvgIpc) is 3.00. The maximum Gasteiger partial charge on any atom is 0.227 e. The lowest BCUT2D eigenvalue weighted by molar-refractivity contribution is -0.116. The molecule has 5 nitrogen and oxygen atoms in total. The van der Waals surface area contributed by atoms with Crippen LogP contribution >= 0.6 is 22.9 Å². The number of amides is 1. The number of benzene rings is 1. The molecule has 0 saturated carbocycles. The topological polar surface area (TPSA) is 66.0 Å². The zero-order valence-corrected chi connectivity index (χ0v) is 17.6. The Morgan fingerprint density at radius 1 is 1.30 bits per heavy atom. The molecule has 1 fully saturated rings. The van der Waals surface area contributed by atoms with E-state index in [0.29, 0.717) is 11.6 Å². The predicted molar refractivity (Wildman–Crippen MR) is 113 cm³/mol. The fourth-order valence-corrected chi connectivity index (χ4v) is 4.50. The molecule has 7 heteroatoms. The maximum atomic E-state index is 12.4. The van der Waals surface area contributed by atoms with Gasteiger partial charge in [-0.1, -0.05) is 44.5 Å². The van der Waals surface area contributed by atoms with Gasteiger partial charge in [-0.3, -0.25) is 4.79 Å². The van der Waals surface area contributed by atoms with Gasteiger partial charge in [-0.15, -0.1) is 11.3 Å². The molecule has 1 unspecified atom stereocenters. The number of piperazine rings is 1. The summed E-state index contributed by atoms with van der Waals surface area (Å²) in [6.07, 6.45) is 1.23. The zero-order valence-electron chi connectivity index (χ0n) is 16.1. The maximum absolute atomic E-state index is 12.4. The van der Waals surface area contributed by atoms with Gasteiger partial charge in [0.05, 0.1) is 5.69 Å². The second-order valence-corrected chi connectivity index (χ2v) is 9.47. The summed E-state index contributed by atoms with van der Waals surface area (Å²) in [4.78, 5) is 18.4. The number of anilines is 1. The first-order chi connectivity index (χ1) is 12.8. The predicted octanol–water partition coefficient (Wildman–Crippen LogP) is 3.57. The van der Waals surface area contributed by atoms with Gasteiger partial charge in [-0.2, -0.15) is 0 Å². The quantitative estimate of drug-likeness (QED) is 0.710. The van der Waals surface area contributed by atoms with Crippen LogP contribution in [0.15, 0.2) is 24.3 Å². The van der Waals surface area contributed by atoms with Crippen molar-refractivity contribution < 1.29 is 4.79 Å². The third-order valence-electron chi connectivity index (χ3n) is 4.49. The number of aromatic nitrogens is 1. The van der Waals surface area contributed by atoms with Gasteiger partial charge < -0.3 is 16.0 Å². The molecule has 1 atom stereocenters. The molecule has 1 aliphatic rings. The Labute approximate surface area is 169 Å². The summed E-state index contributed by atoms with van der Waals surface area (Å²) in [6.45, 7) is 9.12. The van der Waals surface area contributed by atoms with Gasteiger partial charge in [-0.05, 0) is 17.7 Å². The van der Waals surface area contributed by atoms with E-state index in [1.54, 1.807) is 11.3 Å². The fourth-order valence-electron chi connectivity index (χ4n) is 3.15. The second-order valence-electron chi connectivity index (χ2n) is 7.95. The molecule has 2 heterocycles. The second kappa shape index (κ2) is 8.69. The van der Waals surface area contributed by atoms with Crippen molar-refractivity contribution in [3.05, 3.63) is 45.4 Å². The van der Waals surface area contributed by atoms with Crippen molar-refractivity contribution in [3.63, 3.8) is 0 Å². The lowest BCUT2D eigenvalue weighted by Crippen LogP contribution is -2.49. The van der Waals surface area contributed by atoms with E-state index in [0.717, 1.165) is 36.8 Å². The summed E-state index contributed by atoms with van der Waals surface area (Å²) in [5.74, 6) is 0.00320. The number of carbonyl (C=O) groups excluding carboxylic acids is 1.